The van der Waals surface area contributed by atoms with Crippen LogP contribution >= 0.6 is 0 Å². The Bertz CT molecular complexity index is 997. The van der Waals surface area contributed by atoms with Crippen molar-refractivity contribution in [3.63, 3.8) is 0 Å². The van der Waals surface area contributed by atoms with Gasteiger partial charge in [-0.25, -0.2) is 9.59 Å². The van der Waals surface area contributed by atoms with Crippen LogP contribution in [0.3, 0.4) is 0 Å². The highest BCUT2D eigenvalue weighted by molar-refractivity contribution is 5.94. The smallest absolute Gasteiger partial charge is 0.347 e. The lowest BCUT2D eigenvalue weighted by molar-refractivity contribution is 0.0507. The Labute approximate surface area is 182 Å². The normalized spacial score (nSPS) is 10.4. The van der Waals surface area contributed by atoms with Crippen molar-refractivity contribution in [2.24, 2.45) is 0 Å². The molecule has 0 unspecified atom stereocenters. The van der Waals surface area contributed by atoms with Crippen molar-refractivity contribution >= 4 is 11.9 Å². The number of para-hydroxylation sites is 1. The summed E-state index contributed by atoms with van der Waals surface area (Å²) < 4.78 is 16.5. The number of carbonyl (C=O) groups is 2. The van der Waals surface area contributed by atoms with Crippen LogP contribution in [0.2, 0.25) is 0 Å². The predicted molar refractivity (Wildman–Crippen MR) is 119 cm³/mol. The number of esters is 2. The van der Waals surface area contributed by atoms with Crippen LogP contribution in [0.15, 0.2) is 78.9 Å². The van der Waals surface area contributed by atoms with Crippen LogP contribution in [0.5, 0.6) is 11.5 Å². The van der Waals surface area contributed by atoms with Gasteiger partial charge in [-0.05, 0) is 42.3 Å². The first-order valence-electron chi connectivity index (χ1n) is 10.4. The molecule has 5 heteroatoms. The van der Waals surface area contributed by atoms with Crippen molar-refractivity contribution in [2.45, 2.75) is 26.2 Å². The highest BCUT2D eigenvalue weighted by Crippen LogP contribution is 2.22. The second-order valence-electron chi connectivity index (χ2n) is 6.99. The Balaban J connectivity index is 1.60. The van der Waals surface area contributed by atoms with Gasteiger partial charge in [0.05, 0.1) is 18.8 Å². The third-order valence-electron chi connectivity index (χ3n) is 4.61. The highest BCUT2D eigenvalue weighted by Gasteiger charge is 2.16. The number of hydrogen-bond acceptors (Lipinski definition) is 5. The summed E-state index contributed by atoms with van der Waals surface area (Å²) in [6, 6.07) is 23.2. The van der Waals surface area contributed by atoms with Gasteiger partial charge in [-0.15, -0.1) is 0 Å². The van der Waals surface area contributed by atoms with Crippen LogP contribution in [-0.2, 0) is 11.2 Å². The maximum absolute atomic E-state index is 12.7. The number of hydrogen-bond donors (Lipinski definition) is 0. The van der Waals surface area contributed by atoms with E-state index in [2.05, 4.69) is 6.92 Å². The molecule has 0 aliphatic heterocycles. The van der Waals surface area contributed by atoms with Crippen LogP contribution in [0.1, 0.15) is 46.0 Å². The van der Waals surface area contributed by atoms with Crippen LogP contribution in [0.25, 0.3) is 0 Å². The Morgan fingerprint density at radius 2 is 1.58 bits per heavy atom. The van der Waals surface area contributed by atoms with E-state index in [4.69, 9.17) is 14.2 Å². The summed E-state index contributed by atoms with van der Waals surface area (Å²) in [6.07, 6.45) is 2.54. The molecule has 0 heterocycles. The van der Waals surface area contributed by atoms with E-state index in [9.17, 15) is 9.59 Å². The third kappa shape index (κ3) is 6.71. The minimum atomic E-state index is -0.540. The standard InChI is InChI=1S/C26H26O5/c1-2-3-17-29-24-15-8-7-14-23(24)26(28)31-22-13-9-12-21(19-22)25(27)30-18-16-20-10-5-4-6-11-20/h4-15,19H,2-3,16-18H2,1H3. The minimum Gasteiger partial charge on any atom is -0.493 e. The van der Waals surface area contributed by atoms with Gasteiger partial charge in [0.1, 0.15) is 17.1 Å². The largest absolute Gasteiger partial charge is 0.493 e. The molecule has 0 atom stereocenters. The molecule has 0 aliphatic carbocycles. The fourth-order valence-corrected chi connectivity index (χ4v) is 2.93. The zero-order chi connectivity index (χ0) is 21.9. The first-order valence-corrected chi connectivity index (χ1v) is 10.4. The third-order valence-corrected chi connectivity index (χ3v) is 4.61. The first kappa shape index (κ1) is 22.1. The van der Waals surface area contributed by atoms with E-state index >= 15 is 0 Å². The average Bonchev–Trinajstić information content (AvgIpc) is 2.80. The van der Waals surface area contributed by atoms with E-state index in [1.807, 2.05) is 36.4 Å². The fourth-order valence-electron chi connectivity index (χ4n) is 2.93. The minimum absolute atomic E-state index is 0.269. The molecular formula is C26H26O5. The number of ether oxygens (including phenoxy) is 3. The molecule has 0 radical (unpaired) electrons. The Morgan fingerprint density at radius 1 is 0.806 bits per heavy atom. The summed E-state index contributed by atoms with van der Waals surface area (Å²) in [7, 11) is 0. The maximum Gasteiger partial charge on any atom is 0.347 e. The Morgan fingerprint density at radius 3 is 2.39 bits per heavy atom. The van der Waals surface area contributed by atoms with Gasteiger partial charge in [0.15, 0.2) is 0 Å². The van der Waals surface area contributed by atoms with Gasteiger partial charge >= 0.3 is 11.9 Å². The molecule has 31 heavy (non-hydrogen) atoms. The van der Waals surface area contributed by atoms with Gasteiger partial charge in [0.2, 0.25) is 0 Å². The number of rotatable bonds is 10. The number of unbranched alkanes of at least 4 members (excludes halogenated alkanes) is 1. The monoisotopic (exact) mass is 418 g/mol. The van der Waals surface area contributed by atoms with Gasteiger partial charge in [-0.3, -0.25) is 0 Å². The number of benzene rings is 3. The van der Waals surface area contributed by atoms with Gasteiger partial charge in [-0.1, -0.05) is 61.9 Å². The predicted octanol–water partition coefficient (Wildman–Crippen LogP) is 5.48. The van der Waals surface area contributed by atoms with E-state index in [1.54, 1.807) is 36.4 Å². The average molecular weight is 418 g/mol. The van der Waals surface area contributed by atoms with Gasteiger partial charge < -0.3 is 14.2 Å². The van der Waals surface area contributed by atoms with E-state index < -0.39 is 11.9 Å². The molecule has 0 saturated carbocycles. The Hall–Kier alpha value is -3.60. The van der Waals surface area contributed by atoms with Crippen LogP contribution in [-0.4, -0.2) is 25.2 Å². The molecule has 0 bridgehead atoms. The van der Waals surface area contributed by atoms with Crippen molar-refractivity contribution < 1.29 is 23.8 Å². The molecule has 0 saturated heterocycles. The molecule has 0 spiro atoms. The summed E-state index contributed by atoms with van der Waals surface area (Å²) in [5, 5.41) is 0. The van der Waals surface area contributed by atoms with Crippen molar-refractivity contribution in [3.8, 4) is 11.5 Å². The molecule has 3 aromatic rings. The van der Waals surface area contributed by atoms with Crippen LogP contribution in [0.4, 0.5) is 0 Å². The van der Waals surface area contributed by atoms with Crippen molar-refractivity contribution in [2.75, 3.05) is 13.2 Å². The quantitative estimate of drug-likeness (QED) is 0.248. The van der Waals surface area contributed by atoms with Crippen LogP contribution < -0.4 is 9.47 Å². The number of carbonyl (C=O) groups excluding carboxylic acids is 2. The van der Waals surface area contributed by atoms with Crippen molar-refractivity contribution in [1.29, 1.82) is 0 Å². The van der Waals surface area contributed by atoms with E-state index in [-0.39, 0.29) is 12.4 Å². The zero-order valence-electron chi connectivity index (χ0n) is 17.6. The SMILES string of the molecule is CCCCOc1ccccc1C(=O)Oc1cccc(C(=O)OCCc2ccccc2)c1. The molecule has 3 aromatic carbocycles. The van der Waals surface area contributed by atoms with Gasteiger partial charge in [-0.2, -0.15) is 0 Å². The molecule has 0 aliphatic rings. The molecule has 160 valence electrons. The first-order chi connectivity index (χ1) is 15.2. The molecule has 0 fully saturated rings. The molecule has 3 rings (SSSR count). The molecule has 5 nitrogen and oxygen atoms in total. The lowest BCUT2D eigenvalue weighted by Crippen LogP contribution is -2.12. The van der Waals surface area contributed by atoms with Crippen LogP contribution in [0, 0.1) is 0 Å². The summed E-state index contributed by atoms with van der Waals surface area (Å²) in [6.45, 7) is 2.88. The summed E-state index contributed by atoms with van der Waals surface area (Å²) in [5.74, 6) is -0.248. The topological polar surface area (TPSA) is 61.8 Å². The summed E-state index contributed by atoms with van der Waals surface area (Å²) in [4.78, 5) is 25.0. The second-order valence-corrected chi connectivity index (χ2v) is 6.99. The van der Waals surface area contributed by atoms with Crippen molar-refractivity contribution in [3.05, 3.63) is 95.6 Å². The van der Waals surface area contributed by atoms with E-state index in [1.165, 1.54) is 6.07 Å². The summed E-state index contributed by atoms with van der Waals surface area (Å²) in [5.41, 5.74) is 1.76. The van der Waals surface area contributed by atoms with E-state index in [0.29, 0.717) is 29.9 Å². The van der Waals surface area contributed by atoms with E-state index in [0.717, 1.165) is 18.4 Å². The second kappa shape index (κ2) is 11.6. The molecule has 0 aromatic heterocycles. The Kier molecular flexibility index (Phi) is 8.23. The highest BCUT2D eigenvalue weighted by atomic mass is 16.5. The summed E-state index contributed by atoms with van der Waals surface area (Å²) >= 11 is 0. The zero-order valence-corrected chi connectivity index (χ0v) is 17.6. The fraction of sp³-hybridized carbons (Fsp3) is 0.231. The lowest BCUT2D eigenvalue weighted by Gasteiger charge is -2.11. The maximum atomic E-state index is 12.7. The molecular weight excluding hydrogens is 392 g/mol. The lowest BCUT2D eigenvalue weighted by atomic mass is 10.2. The van der Waals surface area contributed by atoms with Gasteiger partial charge in [0.25, 0.3) is 0 Å². The van der Waals surface area contributed by atoms with Gasteiger partial charge in [0, 0.05) is 6.42 Å². The molecule has 0 N–H and O–H groups in total. The van der Waals surface area contributed by atoms with Crippen molar-refractivity contribution in [1.82, 2.24) is 0 Å². The molecule has 0 amide bonds.